The molecule has 1 aromatic heterocycles. The number of aromatic nitrogens is 2. The van der Waals surface area contributed by atoms with Gasteiger partial charge in [0, 0.05) is 25.7 Å². The Labute approximate surface area is 171 Å². The molecule has 2 heterocycles. The number of benzene rings is 1. The number of piperidine rings is 1. The Morgan fingerprint density at radius 3 is 2.72 bits per heavy atom. The molecule has 29 heavy (non-hydrogen) atoms. The first kappa shape index (κ1) is 19.7. The van der Waals surface area contributed by atoms with Crippen molar-refractivity contribution >= 4 is 5.91 Å². The molecule has 2 aliphatic rings. The van der Waals surface area contributed by atoms with Crippen LogP contribution in [0.5, 0.6) is 5.75 Å². The maximum Gasteiger partial charge on any atom is 0.267 e. The normalized spacial score (nSPS) is 17.1. The second kappa shape index (κ2) is 8.80. The van der Waals surface area contributed by atoms with Crippen molar-refractivity contribution in [3.05, 3.63) is 57.5 Å². The monoisotopic (exact) mass is 395 g/mol. The fraction of sp³-hybridized carbons (Fsp3) is 0.522. The molecule has 1 fully saturated rings. The van der Waals surface area contributed by atoms with Crippen molar-refractivity contribution in [3.8, 4) is 5.75 Å². The first-order valence-electron chi connectivity index (χ1n) is 10.7. The van der Waals surface area contributed by atoms with E-state index >= 15 is 0 Å². The van der Waals surface area contributed by atoms with Crippen LogP contribution in [0.25, 0.3) is 0 Å². The molecule has 1 aromatic carbocycles. The lowest BCUT2D eigenvalue weighted by Gasteiger charge is -2.32. The van der Waals surface area contributed by atoms with E-state index in [9.17, 15) is 9.59 Å². The smallest absolute Gasteiger partial charge is 0.267 e. The van der Waals surface area contributed by atoms with Gasteiger partial charge in [-0.05, 0) is 68.6 Å². The molecule has 0 atom stereocenters. The highest BCUT2D eigenvalue weighted by Crippen LogP contribution is 2.21. The van der Waals surface area contributed by atoms with Crippen LogP contribution in [-0.4, -0.2) is 40.3 Å². The number of amides is 1. The summed E-state index contributed by atoms with van der Waals surface area (Å²) in [7, 11) is 0. The maximum absolute atomic E-state index is 12.5. The summed E-state index contributed by atoms with van der Waals surface area (Å²) in [4.78, 5) is 26.8. The molecule has 6 nitrogen and oxygen atoms in total. The van der Waals surface area contributed by atoms with Gasteiger partial charge in [0.25, 0.3) is 11.5 Å². The van der Waals surface area contributed by atoms with E-state index < -0.39 is 0 Å². The molecule has 4 rings (SSSR count). The molecule has 0 spiro atoms. The summed E-state index contributed by atoms with van der Waals surface area (Å²) in [5.74, 6) is 1.16. The minimum Gasteiger partial charge on any atom is -0.484 e. The molecular weight excluding hydrogens is 366 g/mol. The van der Waals surface area contributed by atoms with Crippen LogP contribution >= 0.6 is 0 Å². The lowest BCUT2D eigenvalue weighted by molar-refractivity contribution is -0.134. The third kappa shape index (κ3) is 4.69. The molecule has 0 N–H and O–H groups in total. The lowest BCUT2D eigenvalue weighted by Crippen LogP contribution is -2.42. The second-order valence-corrected chi connectivity index (χ2v) is 8.22. The van der Waals surface area contributed by atoms with E-state index in [0.717, 1.165) is 61.1 Å². The minimum atomic E-state index is 0.00999. The number of fused-ring (bicyclic) bond motifs is 1. The Kier molecular flexibility index (Phi) is 5.97. The highest BCUT2D eigenvalue weighted by molar-refractivity contribution is 5.77. The molecular formula is C23H29N3O3. The molecule has 0 unspecified atom stereocenters. The fourth-order valence-corrected chi connectivity index (χ4v) is 4.29. The Bertz CT molecular complexity index is 929. The third-order valence-corrected chi connectivity index (χ3v) is 6.12. The number of carbonyl (C=O) groups excluding carboxylic acids is 1. The van der Waals surface area contributed by atoms with Crippen molar-refractivity contribution in [1.29, 1.82) is 0 Å². The third-order valence-electron chi connectivity index (χ3n) is 6.12. The SMILES string of the molecule is Cc1ccccc1OCC(=O)N1CCC(Cn2nc3c(cc2=O)CCCC3)CC1. The topological polar surface area (TPSA) is 64.4 Å². The molecule has 2 aromatic rings. The van der Waals surface area contributed by atoms with Gasteiger partial charge in [-0.3, -0.25) is 9.59 Å². The minimum absolute atomic E-state index is 0.00999. The van der Waals surface area contributed by atoms with Crippen molar-refractivity contribution in [3.63, 3.8) is 0 Å². The van der Waals surface area contributed by atoms with E-state index in [1.165, 1.54) is 0 Å². The number of hydrogen-bond acceptors (Lipinski definition) is 4. The van der Waals surface area contributed by atoms with E-state index in [0.29, 0.717) is 25.6 Å². The summed E-state index contributed by atoms with van der Waals surface area (Å²) >= 11 is 0. The van der Waals surface area contributed by atoms with Crippen molar-refractivity contribution in [1.82, 2.24) is 14.7 Å². The Balaban J connectivity index is 1.29. The number of likely N-dealkylation sites (tertiary alicyclic amines) is 1. The Hall–Kier alpha value is -2.63. The number of rotatable bonds is 5. The predicted octanol–water partition coefficient (Wildman–Crippen LogP) is 2.75. The van der Waals surface area contributed by atoms with Gasteiger partial charge in [0.1, 0.15) is 5.75 Å². The molecule has 1 aliphatic carbocycles. The molecule has 0 saturated carbocycles. The van der Waals surface area contributed by atoms with E-state index in [1.54, 1.807) is 10.7 Å². The van der Waals surface area contributed by atoms with Gasteiger partial charge in [-0.1, -0.05) is 18.2 Å². The van der Waals surface area contributed by atoms with Crippen LogP contribution in [0.4, 0.5) is 0 Å². The summed E-state index contributed by atoms with van der Waals surface area (Å²) in [6.45, 7) is 4.11. The highest BCUT2D eigenvalue weighted by atomic mass is 16.5. The number of ether oxygens (including phenoxy) is 1. The van der Waals surface area contributed by atoms with Crippen LogP contribution in [0.2, 0.25) is 0 Å². The molecule has 154 valence electrons. The van der Waals surface area contributed by atoms with Crippen molar-refractivity contribution in [2.45, 2.75) is 52.0 Å². The van der Waals surface area contributed by atoms with Crippen LogP contribution in [0.1, 0.15) is 42.5 Å². The van der Waals surface area contributed by atoms with E-state index in [2.05, 4.69) is 5.10 Å². The lowest BCUT2D eigenvalue weighted by atomic mass is 9.96. The zero-order valence-electron chi connectivity index (χ0n) is 17.1. The van der Waals surface area contributed by atoms with Gasteiger partial charge in [-0.15, -0.1) is 0 Å². The van der Waals surface area contributed by atoms with Crippen molar-refractivity contribution in [2.24, 2.45) is 5.92 Å². The first-order chi connectivity index (χ1) is 14.1. The molecule has 1 saturated heterocycles. The zero-order valence-corrected chi connectivity index (χ0v) is 17.1. The van der Waals surface area contributed by atoms with Gasteiger partial charge in [0.2, 0.25) is 0 Å². The van der Waals surface area contributed by atoms with Crippen LogP contribution in [0.3, 0.4) is 0 Å². The van der Waals surface area contributed by atoms with Gasteiger partial charge in [0.15, 0.2) is 6.61 Å². The largest absolute Gasteiger partial charge is 0.484 e. The number of carbonyl (C=O) groups is 1. The van der Waals surface area contributed by atoms with Gasteiger partial charge >= 0.3 is 0 Å². The summed E-state index contributed by atoms with van der Waals surface area (Å²) in [6.07, 6.45) is 6.04. The number of para-hydroxylation sites is 1. The van der Waals surface area contributed by atoms with Gasteiger partial charge in [0.05, 0.1) is 5.69 Å². The number of hydrogen-bond donors (Lipinski definition) is 0. The summed E-state index contributed by atoms with van der Waals surface area (Å²) in [6, 6.07) is 9.51. The molecule has 6 heteroatoms. The summed E-state index contributed by atoms with van der Waals surface area (Å²) < 4.78 is 7.34. The average molecular weight is 396 g/mol. The molecule has 0 bridgehead atoms. The zero-order chi connectivity index (χ0) is 20.2. The highest BCUT2D eigenvalue weighted by Gasteiger charge is 2.24. The first-order valence-corrected chi connectivity index (χ1v) is 10.7. The van der Waals surface area contributed by atoms with Crippen molar-refractivity contribution < 1.29 is 9.53 Å². The summed E-state index contributed by atoms with van der Waals surface area (Å²) in [5.41, 5.74) is 3.26. The summed E-state index contributed by atoms with van der Waals surface area (Å²) in [5, 5.41) is 4.64. The standard InChI is InChI=1S/C23H29N3O3/c1-17-6-2-5-9-21(17)29-16-23(28)25-12-10-18(11-13-25)15-26-22(27)14-19-7-3-4-8-20(19)24-26/h2,5-6,9,14,18H,3-4,7-8,10-13,15-16H2,1H3. The fourth-order valence-electron chi connectivity index (χ4n) is 4.29. The van der Waals surface area contributed by atoms with Crippen LogP contribution in [-0.2, 0) is 24.2 Å². The molecule has 1 aliphatic heterocycles. The van der Waals surface area contributed by atoms with Crippen LogP contribution in [0, 0.1) is 12.8 Å². The van der Waals surface area contributed by atoms with Gasteiger partial charge in [-0.25, -0.2) is 4.68 Å². The average Bonchev–Trinajstić information content (AvgIpc) is 2.74. The van der Waals surface area contributed by atoms with Crippen LogP contribution in [0.15, 0.2) is 35.1 Å². The Morgan fingerprint density at radius 2 is 1.93 bits per heavy atom. The van der Waals surface area contributed by atoms with Crippen molar-refractivity contribution in [2.75, 3.05) is 19.7 Å². The van der Waals surface area contributed by atoms with E-state index in [4.69, 9.17) is 4.74 Å². The van der Waals surface area contributed by atoms with Gasteiger partial charge < -0.3 is 9.64 Å². The maximum atomic E-state index is 12.5. The quantitative estimate of drug-likeness (QED) is 0.781. The predicted molar refractivity (Wildman–Crippen MR) is 111 cm³/mol. The van der Waals surface area contributed by atoms with Crippen LogP contribution < -0.4 is 10.3 Å². The Morgan fingerprint density at radius 1 is 1.17 bits per heavy atom. The van der Waals surface area contributed by atoms with Gasteiger partial charge in [-0.2, -0.15) is 5.10 Å². The molecule has 0 radical (unpaired) electrons. The van der Waals surface area contributed by atoms with E-state index in [-0.39, 0.29) is 18.1 Å². The number of aryl methyl sites for hydroxylation is 3. The number of nitrogens with zero attached hydrogens (tertiary/aromatic N) is 3. The molecule has 1 amide bonds. The second-order valence-electron chi connectivity index (χ2n) is 8.22. The van der Waals surface area contributed by atoms with E-state index in [1.807, 2.05) is 36.1 Å².